The molecule has 1 fully saturated rings. The van der Waals surface area contributed by atoms with Gasteiger partial charge in [0.15, 0.2) is 9.84 Å². The number of hydrogen-bond donors (Lipinski definition) is 1. The summed E-state index contributed by atoms with van der Waals surface area (Å²) < 4.78 is 38.2. The lowest BCUT2D eigenvalue weighted by molar-refractivity contribution is -0.120. The highest BCUT2D eigenvalue weighted by Gasteiger charge is 2.28. The van der Waals surface area contributed by atoms with Crippen molar-refractivity contribution in [1.29, 1.82) is 0 Å². The average Bonchev–Trinajstić information content (AvgIpc) is 2.79. The number of anilines is 1. The van der Waals surface area contributed by atoms with E-state index in [0.29, 0.717) is 6.42 Å². The van der Waals surface area contributed by atoms with Gasteiger partial charge < -0.3 is 5.32 Å². The number of amides is 1. The van der Waals surface area contributed by atoms with Crippen LogP contribution in [0, 0.1) is 11.7 Å². The number of carbonyl (C=O) groups is 1. The lowest BCUT2D eigenvalue weighted by Crippen LogP contribution is -2.35. The maximum atomic E-state index is 13.3. The monoisotopic (exact) mass is 472 g/mol. The molecule has 1 aliphatic carbocycles. The standard InChI is InChI=1S/C23H25FN4O4S/c1-33(31,32)17-8-9-18-19(12-17)26-14-28(23(18)30)20(11-15-5-3-2-4-6-15)22(29)27-21-10-7-16(24)13-25-21/h7-10,12-15,20H,2-6,11H2,1H3,(H,25,27,29). The van der Waals surface area contributed by atoms with Gasteiger partial charge in [0.05, 0.1) is 28.3 Å². The molecule has 0 aliphatic heterocycles. The fraction of sp³-hybridized carbons (Fsp3) is 0.391. The van der Waals surface area contributed by atoms with Crippen molar-refractivity contribution in [1.82, 2.24) is 14.5 Å². The smallest absolute Gasteiger partial charge is 0.261 e. The molecule has 1 aromatic carbocycles. The minimum Gasteiger partial charge on any atom is -0.309 e. The Kier molecular flexibility index (Phi) is 6.55. The van der Waals surface area contributed by atoms with Gasteiger partial charge in [-0.1, -0.05) is 32.1 Å². The van der Waals surface area contributed by atoms with E-state index >= 15 is 0 Å². The van der Waals surface area contributed by atoms with Crippen LogP contribution in [-0.2, 0) is 14.6 Å². The molecule has 0 spiro atoms. The summed E-state index contributed by atoms with van der Waals surface area (Å²) in [6.45, 7) is 0. The van der Waals surface area contributed by atoms with Gasteiger partial charge in [-0.3, -0.25) is 14.2 Å². The first-order chi connectivity index (χ1) is 15.7. The van der Waals surface area contributed by atoms with Crippen molar-refractivity contribution in [3.63, 3.8) is 0 Å². The van der Waals surface area contributed by atoms with E-state index < -0.39 is 33.2 Å². The number of nitrogens with zero attached hydrogens (tertiary/aromatic N) is 3. The van der Waals surface area contributed by atoms with E-state index in [1.54, 1.807) is 0 Å². The first kappa shape index (κ1) is 23.0. The van der Waals surface area contributed by atoms with Gasteiger partial charge in [0.25, 0.3) is 5.56 Å². The summed E-state index contributed by atoms with van der Waals surface area (Å²) in [7, 11) is -3.45. The Morgan fingerprint density at radius 3 is 2.61 bits per heavy atom. The number of benzene rings is 1. The third kappa shape index (κ3) is 5.27. The largest absolute Gasteiger partial charge is 0.309 e. The lowest BCUT2D eigenvalue weighted by atomic mass is 9.84. The second-order valence-corrected chi connectivity index (χ2v) is 10.5. The number of pyridine rings is 1. The normalized spacial score (nSPS) is 15.9. The SMILES string of the molecule is CS(=O)(=O)c1ccc2c(=O)n(C(CC3CCCCC3)C(=O)Nc3ccc(F)cn3)cnc2c1. The summed E-state index contributed by atoms with van der Waals surface area (Å²) in [4.78, 5) is 34.8. The maximum Gasteiger partial charge on any atom is 0.261 e. The van der Waals surface area contributed by atoms with E-state index in [9.17, 15) is 22.4 Å². The molecule has 4 rings (SSSR count). The summed E-state index contributed by atoms with van der Waals surface area (Å²) in [5.41, 5.74) is -0.181. The Balaban J connectivity index is 1.71. The number of halogens is 1. The van der Waals surface area contributed by atoms with Crippen LogP contribution in [0.1, 0.15) is 44.6 Å². The molecule has 1 atom stereocenters. The summed E-state index contributed by atoms with van der Waals surface area (Å²) in [5, 5.41) is 2.91. The van der Waals surface area contributed by atoms with Crippen molar-refractivity contribution in [3.05, 3.63) is 59.0 Å². The van der Waals surface area contributed by atoms with Crippen molar-refractivity contribution < 1.29 is 17.6 Å². The number of fused-ring (bicyclic) bond motifs is 1. The summed E-state index contributed by atoms with van der Waals surface area (Å²) in [6.07, 6.45) is 9.13. The third-order valence-corrected chi connectivity index (χ3v) is 7.19. The molecule has 8 nitrogen and oxygen atoms in total. The third-order valence-electron chi connectivity index (χ3n) is 6.08. The number of hydrogen-bond acceptors (Lipinski definition) is 6. The van der Waals surface area contributed by atoms with Crippen LogP contribution in [0.5, 0.6) is 0 Å². The molecular formula is C23H25FN4O4S. The summed E-state index contributed by atoms with van der Waals surface area (Å²) in [6, 6.07) is 5.87. The van der Waals surface area contributed by atoms with E-state index in [2.05, 4.69) is 15.3 Å². The van der Waals surface area contributed by atoms with Crippen LogP contribution < -0.4 is 10.9 Å². The Bertz CT molecular complexity index is 1330. The second kappa shape index (κ2) is 9.38. The Morgan fingerprint density at radius 1 is 1.18 bits per heavy atom. The van der Waals surface area contributed by atoms with Gasteiger partial charge in [-0.25, -0.2) is 22.8 Å². The van der Waals surface area contributed by atoms with Gasteiger partial charge in [-0.2, -0.15) is 0 Å². The molecule has 1 aliphatic rings. The van der Waals surface area contributed by atoms with Gasteiger partial charge in [-0.15, -0.1) is 0 Å². The molecule has 2 heterocycles. The zero-order chi connectivity index (χ0) is 23.6. The summed E-state index contributed by atoms with van der Waals surface area (Å²) in [5.74, 6) is -0.480. The molecule has 33 heavy (non-hydrogen) atoms. The Hall–Kier alpha value is -3.14. The molecule has 0 radical (unpaired) electrons. The zero-order valence-corrected chi connectivity index (χ0v) is 19.0. The van der Waals surface area contributed by atoms with Crippen molar-refractivity contribution in [2.24, 2.45) is 5.92 Å². The quantitative estimate of drug-likeness (QED) is 0.588. The fourth-order valence-corrected chi connectivity index (χ4v) is 4.95. The molecule has 0 saturated heterocycles. The highest BCUT2D eigenvalue weighted by molar-refractivity contribution is 7.90. The van der Waals surface area contributed by atoms with Crippen LogP contribution in [0.25, 0.3) is 10.9 Å². The molecule has 2 aromatic heterocycles. The van der Waals surface area contributed by atoms with Gasteiger partial charge in [-0.05, 0) is 42.7 Å². The Labute approximate surface area is 190 Å². The maximum absolute atomic E-state index is 13.3. The topological polar surface area (TPSA) is 111 Å². The predicted octanol–water partition coefficient (Wildman–Crippen LogP) is 3.48. The lowest BCUT2D eigenvalue weighted by Gasteiger charge is -2.27. The van der Waals surface area contributed by atoms with Crippen LogP contribution in [0.15, 0.2) is 52.5 Å². The minimum absolute atomic E-state index is 0.0681. The van der Waals surface area contributed by atoms with E-state index in [4.69, 9.17) is 0 Å². The van der Waals surface area contributed by atoms with Gasteiger partial charge in [0, 0.05) is 6.26 Å². The van der Waals surface area contributed by atoms with E-state index in [1.807, 2.05) is 0 Å². The molecule has 1 unspecified atom stereocenters. The molecule has 3 aromatic rings. The highest BCUT2D eigenvalue weighted by atomic mass is 32.2. The average molecular weight is 473 g/mol. The Morgan fingerprint density at radius 2 is 1.94 bits per heavy atom. The first-order valence-corrected chi connectivity index (χ1v) is 12.7. The molecular weight excluding hydrogens is 447 g/mol. The number of sulfone groups is 1. The predicted molar refractivity (Wildman–Crippen MR) is 122 cm³/mol. The van der Waals surface area contributed by atoms with E-state index in [-0.39, 0.29) is 27.5 Å². The van der Waals surface area contributed by atoms with Crippen LogP contribution in [0.2, 0.25) is 0 Å². The van der Waals surface area contributed by atoms with Crippen molar-refractivity contribution in [2.75, 3.05) is 11.6 Å². The van der Waals surface area contributed by atoms with Crippen molar-refractivity contribution >= 4 is 32.5 Å². The van der Waals surface area contributed by atoms with E-state index in [1.165, 1.54) is 41.2 Å². The first-order valence-electron chi connectivity index (χ1n) is 10.9. The van der Waals surface area contributed by atoms with Crippen LogP contribution in [0.3, 0.4) is 0 Å². The summed E-state index contributed by atoms with van der Waals surface area (Å²) >= 11 is 0. The molecule has 10 heteroatoms. The number of rotatable bonds is 6. The number of carbonyl (C=O) groups excluding carboxylic acids is 1. The number of nitrogens with one attached hydrogen (secondary N) is 1. The van der Waals surface area contributed by atoms with Gasteiger partial charge >= 0.3 is 0 Å². The molecule has 1 saturated carbocycles. The van der Waals surface area contributed by atoms with Gasteiger partial charge in [0.1, 0.15) is 17.7 Å². The van der Waals surface area contributed by atoms with Crippen LogP contribution >= 0.6 is 0 Å². The van der Waals surface area contributed by atoms with Crippen molar-refractivity contribution in [3.8, 4) is 0 Å². The molecule has 1 N–H and O–H groups in total. The molecule has 0 bridgehead atoms. The molecule has 174 valence electrons. The fourth-order valence-electron chi connectivity index (χ4n) is 4.31. The van der Waals surface area contributed by atoms with Crippen LogP contribution in [-0.4, -0.2) is 35.1 Å². The highest BCUT2D eigenvalue weighted by Crippen LogP contribution is 2.31. The number of aromatic nitrogens is 3. The van der Waals surface area contributed by atoms with Crippen LogP contribution in [0.4, 0.5) is 10.2 Å². The zero-order valence-electron chi connectivity index (χ0n) is 18.2. The minimum atomic E-state index is -3.45. The van der Waals surface area contributed by atoms with Crippen molar-refractivity contribution in [2.45, 2.75) is 49.5 Å². The van der Waals surface area contributed by atoms with Gasteiger partial charge in [0.2, 0.25) is 5.91 Å². The van der Waals surface area contributed by atoms with E-state index in [0.717, 1.165) is 44.6 Å². The molecule has 1 amide bonds. The second-order valence-electron chi connectivity index (χ2n) is 8.51.